The average molecular weight is 129 g/mol. The summed E-state index contributed by atoms with van der Waals surface area (Å²) in [4.78, 5) is 15.2. The second kappa shape index (κ2) is 1.58. The van der Waals surface area contributed by atoms with E-state index in [1.165, 1.54) is 0 Å². The third kappa shape index (κ3) is 0.655. The Bertz CT molecular complexity index is 135. The zero-order valence-corrected chi connectivity index (χ0v) is 4.76. The van der Waals surface area contributed by atoms with Crippen molar-refractivity contribution in [1.29, 1.82) is 0 Å². The molecule has 2 rings (SSSR count). The van der Waals surface area contributed by atoms with Crippen LogP contribution >= 0.6 is 0 Å². The van der Waals surface area contributed by atoms with Crippen molar-refractivity contribution < 1.29 is 9.63 Å². The van der Waals surface area contributed by atoms with Gasteiger partial charge in [0.2, 0.25) is 0 Å². The Labute approximate surface area is 51.9 Å². The summed E-state index contributed by atoms with van der Waals surface area (Å²) in [5.41, 5.74) is 0. The van der Waals surface area contributed by atoms with Crippen molar-refractivity contribution in [2.24, 2.45) is 0 Å². The van der Waals surface area contributed by atoms with Crippen LogP contribution in [0.2, 0.25) is 0 Å². The Morgan fingerprint density at radius 3 is 3.44 bits per heavy atom. The Balaban J connectivity index is 2.09. The number of carbonyl (C=O) groups excluding carboxylic acids is 1. The lowest BCUT2D eigenvalue weighted by molar-refractivity contribution is -0.0682. The van der Waals surface area contributed by atoms with E-state index >= 15 is 0 Å². The van der Waals surface area contributed by atoms with Gasteiger partial charge in [-0.1, -0.05) is 0 Å². The number of hydrogen-bond acceptors (Lipinski definition) is 4. The molecule has 1 amide bonds. The van der Waals surface area contributed by atoms with Gasteiger partial charge in [-0.2, -0.15) is 0 Å². The summed E-state index contributed by atoms with van der Waals surface area (Å²) in [5.74, 6) is 0. The molecule has 2 saturated heterocycles. The number of nitrogens with zero attached hydrogens (tertiary/aromatic N) is 1. The average Bonchev–Trinajstić information content (AvgIpc) is 2.22. The van der Waals surface area contributed by atoms with E-state index in [4.69, 9.17) is 4.84 Å². The van der Waals surface area contributed by atoms with E-state index < -0.39 is 0 Å². The minimum atomic E-state index is -0.346. The van der Waals surface area contributed by atoms with E-state index in [1.807, 2.05) is 0 Å². The van der Waals surface area contributed by atoms with Crippen LogP contribution in [-0.2, 0) is 4.84 Å². The van der Waals surface area contributed by atoms with Gasteiger partial charge in [0.1, 0.15) is 6.17 Å². The third-order valence-electron chi connectivity index (χ3n) is 1.44. The van der Waals surface area contributed by atoms with Crippen molar-refractivity contribution >= 4 is 6.09 Å². The quantitative estimate of drug-likeness (QED) is 0.432. The molecule has 0 aromatic heterocycles. The molecule has 5 nitrogen and oxygen atoms in total. The van der Waals surface area contributed by atoms with E-state index in [9.17, 15) is 4.79 Å². The van der Waals surface area contributed by atoms with Crippen LogP contribution in [-0.4, -0.2) is 30.5 Å². The van der Waals surface area contributed by atoms with E-state index in [0.717, 1.165) is 6.54 Å². The molecule has 9 heavy (non-hydrogen) atoms. The van der Waals surface area contributed by atoms with Gasteiger partial charge >= 0.3 is 6.09 Å². The molecule has 0 spiro atoms. The molecule has 2 fully saturated rings. The highest BCUT2D eigenvalue weighted by Gasteiger charge is 2.35. The number of amides is 1. The van der Waals surface area contributed by atoms with Gasteiger partial charge in [0, 0.05) is 6.54 Å². The van der Waals surface area contributed by atoms with Crippen molar-refractivity contribution in [1.82, 2.24) is 15.7 Å². The van der Waals surface area contributed by atoms with Crippen molar-refractivity contribution in [3.63, 3.8) is 0 Å². The van der Waals surface area contributed by atoms with Crippen molar-refractivity contribution in [2.75, 3.05) is 13.2 Å². The van der Waals surface area contributed by atoms with Crippen LogP contribution in [0.25, 0.3) is 0 Å². The van der Waals surface area contributed by atoms with Crippen molar-refractivity contribution in [3.05, 3.63) is 0 Å². The number of rotatable bonds is 0. The molecule has 0 aromatic carbocycles. The molecule has 0 bridgehead atoms. The van der Waals surface area contributed by atoms with Crippen molar-refractivity contribution in [3.8, 4) is 0 Å². The summed E-state index contributed by atoms with van der Waals surface area (Å²) in [6, 6.07) is 0. The first kappa shape index (κ1) is 5.01. The van der Waals surface area contributed by atoms with Gasteiger partial charge in [0.15, 0.2) is 0 Å². The maximum Gasteiger partial charge on any atom is 0.427 e. The number of carbonyl (C=O) groups is 1. The molecule has 2 aliphatic heterocycles. The van der Waals surface area contributed by atoms with Gasteiger partial charge in [-0.05, 0) is 0 Å². The standard InChI is InChI=1S/C4H7N3O2/c8-4-6-3-1-5-2-7(3)9-4/h3,5H,1-2H2,(H,6,8). The minimum Gasteiger partial charge on any atom is -0.348 e. The van der Waals surface area contributed by atoms with E-state index in [-0.39, 0.29) is 12.3 Å². The summed E-state index contributed by atoms with van der Waals surface area (Å²) in [6.07, 6.45) is -0.293. The highest BCUT2D eigenvalue weighted by molar-refractivity contribution is 5.68. The molecule has 2 N–H and O–H groups in total. The number of hydrogen-bond donors (Lipinski definition) is 2. The summed E-state index contributed by atoms with van der Waals surface area (Å²) in [7, 11) is 0. The van der Waals surface area contributed by atoms with Crippen LogP contribution in [0.5, 0.6) is 0 Å². The maximum atomic E-state index is 10.5. The van der Waals surface area contributed by atoms with Crippen LogP contribution in [0.4, 0.5) is 4.79 Å². The predicted octanol–water partition coefficient (Wildman–Crippen LogP) is -1.17. The molecule has 0 radical (unpaired) electrons. The molecule has 1 unspecified atom stereocenters. The lowest BCUT2D eigenvalue weighted by Gasteiger charge is -2.05. The van der Waals surface area contributed by atoms with E-state index in [1.54, 1.807) is 5.06 Å². The second-order valence-corrected chi connectivity index (χ2v) is 2.07. The van der Waals surface area contributed by atoms with Crippen LogP contribution in [0, 0.1) is 0 Å². The smallest absolute Gasteiger partial charge is 0.348 e. The van der Waals surface area contributed by atoms with Gasteiger partial charge in [-0.25, -0.2) is 4.79 Å². The number of nitrogens with one attached hydrogen (secondary N) is 2. The molecule has 2 aliphatic rings. The van der Waals surface area contributed by atoms with Gasteiger partial charge in [0.25, 0.3) is 0 Å². The predicted molar refractivity (Wildman–Crippen MR) is 28.1 cm³/mol. The monoisotopic (exact) mass is 129 g/mol. The number of fused-ring (bicyclic) bond motifs is 1. The first-order chi connectivity index (χ1) is 4.36. The van der Waals surface area contributed by atoms with Crippen LogP contribution in [0.1, 0.15) is 0 Å². The lowest BCUT2D eigenvalue weighted by Crippen LogP contribution is -2.32. The molecule has 1 atom stereocenters. The second-order valence-electron chi connectivity index (χ2n) is 2.07. The normalized spacial score (nSPS) is 33.8. The highest BCUT2D eigenvalue weighted by Crippen LogP contribution is 2.08. The van der Waals surface area contributed by atoms with Gasteiger partial charge in [-0.3, -0.25) is 10.6 Å². The summed E-state index contributed by atoms with van der Waals surface area (Å²) < 4.78 is 0. The highest BCUT2D eigenvalue weighted by atomic mass is 16.7. The molecule has 0 aromatic rings. The zero-order valence-electron chi connectivity index (χ0n) is 4.76. The van der Waals surface area contributed by atoms with Crippen molar-refractivity contribution in [2.45, 2.75) is 6.17 Å². The Hall–Kier alpha value is -0.810. The summed E-state index contributed by atoms with van der Waals surface area (Å²) >= 11 is 0. The third-order valence-corrected chi connectivity index (χ3v) is 1.44. The van der Waals surface area contributed by atoms with Crippen LogP contribution < -0.4 is 10.6 Å². The fraction of sp³-hybridized carbons (Fsp3) is 0.750. The van der Waals surface area contributed by atoms with Gasteiger partial charge in [-0.15, -0.1) is 5.06 Å². The molecule has 50 valence electrons. The number of hydroxylamine groups is 2. The molecule has 0 aliphatic carbocycles. The Morgan fingerprint density at radius 1 is 1.78 bits per heavy atom. The first-order valence-electron chi connectivity index (χ1n) is 2.82. The zero-order chi connectivity index (χ0) is 6.27. The molecule has 2 heterocycles. The SMILES string of the molecule is O=C1NC2CNCN2O1. The summed E-state index contributed by atoms with van der Waals surface area (Å²) in [5, 5.41) is 7.23. The van der Waals surface area contributed by atoms with Crippen LogP contribution in [0.3, 0.4) is 0 Å². The molecule has 5 heteroatoms. The van der Waals surface area contributed by atoms with Gasteiger partial charge in [0.05, 0.1) is 6.67 Å². The fourth-order valence-electron chi connectivity index (χ4n) is 1.01. The maximum absolute atomic E-state index is 10.5. The Morgan fingerprint density at radius 2 is 2.67 bits per heavy atom. The molecular formula is C4H7N3O2. The molecule has 0 saturated carbocycles. The van der Waals surface area contributed by atoms with Gasteiger partial charge < -0.3 is 4.84 Å². The Kier molecular flexibility index (Phi) is 0.882. The summed E-state index contributed by atoms with van der Waals surface area (Å²) in [6.45, 7) is 1.40. The van der Waals surface area contributed by atoms with E-state index in [0.29, 0.717) is 6.67 Å². The first-order valence-corrected chi connectivity index (χ1v) is 2.82. The largest absolute Gasteiger partial charge is 0.427 e. The molecular weight excluding hydrogens is 122 g/mol. The lowest BCUT2D eigenvalue weighted by atomic mass is 10.5. The topological polar surface area (TPSA) is 53.6 Å². The van der Waals surface area contributed by atoms with E-state index in [2.05, 4.69) is 10.6 Å². The minimum absolute atomic E-state index is 0.0532. The fourth-order valence-corrected chi connectivity index (χ4v) is 1.01. The van der Waals surface area contributed by atoms with Crippen LogP contribution in [0.15, 0.2) is 0 Å².